The summed E-state index contributed by atoms with van der Waals surface area (Å²) in [5.41, 5.74) is 1.11. The van der Waals surface area contributed by atoms with Crippen LogP contribution in [0.25, 0.3) is 0 Å². The van der Waals surface area contributed by atoms with Crippen molar-refractivity contribution in [1.29, 1.82) is 0 Å². The fraction of sp³-hybridized carbons (Fsp3) is 0.667. The summed E-state index contributed by atoms with van der Waals surface area (Å²) >= 11 is 9.89. The molecule has 1 aromatic heterocycles. The molecule has 0 aliphatic carbocycles. The average molecular weight is 358 g/mol. The Morgan fingerprint density at radius 1 is 1.50 bits per heavy atom. The summed E-state index contributed by atoms with van der Waals surface area (Å²) in [6.07, 6.45) is 3.29. The van der Waals surface area contributed by atoms with Gasteiger partial charge in [0.1, 0.15) is 10.2 Å². The number of carbonyl (C=O) groups is 1. The molecule has 2 aliphatic heterocycles. The SMILES string of the molecule is CCCCSc1nc(Cl)c2c(n1)SC1CN(C(C)=O)CCC21. The lowest BCUT2D eigenvalue weighted by atomic mass is 9.91. The highest BCUT2D eigenvalue weighted by molar-refractivity contribution is 8.00. The van der Waals surface area contributed by atoms with E-state index in [1.807, 2.05) is 4.90 Å². The van der Waals surface area contributed by atoms with Gasteiger partial charge in [0.15, 0.2) is 5.16 Å². The number of aromatic nitrogens is 2. The maximum Gasteiger partial charge on any atom is 0.219 e. The summed E-state index contributed by atoms with van der Waals surface area (Å²) in [7, 11) is 0. The molecule has 120 valence electrons. The molecular formula is C15H20ClN3OS2. The molecule has 0 saturated carbocycles. The van der Waals surface area contributed by atoms with Crippen LogP contribution in [0, 0.1) is 0 Å². The highest BCUT2D eigenvalue weighted by Crippen LogP contribution is 2.50. The third-order valence-electron chi connectivity index (χ3n) is 4.21. The molecule has 3 heterocycles. The summed E-state index contributed by atoms with van der Waals surface area (Å²) in [6.45, 7) is 5.41. The number of amides is 1. The zero-order valence-corrected chi connectivity index (χ0v) is 15.2. The molecule has 0 spiro atoms. The lowest BCUT2D eigenvalue weighted by Gasteiger charge is -2.33. The molecule has 7 heteroatoms. The number of fused-ring (bicyclic) bond motifs is 3. The van der Waals surface area contributed by atoms with Crippen molar-refractivity contribution in [2.45, 2.75) is 54.5 Å². The van der Waals surface area contributed by atoms with Crippen LogP contribution in [0.15, 0.2) is 10.2 Å². The highest BCUT2D eigenvalue weighted by atomic mass is 35.5. The van der Waals surface area contributed by atoms with Gasteiger partial charge in [0.05, 0.1) is 0 Å². The number of carbonyl (C=O) groups excluding carboxylic acids is 1. The van der Waals surface area contributed by atoms with E-state index in [0.29, 0.717) is 16.3 Å². The number of rotatable bonds is 4. The summed E-state index contributed by atoms with van der Waals surface area (Å²) in [5.74, 6) is 1.57. The second kappa shape index (κ2) is 6.97. The van der Waals surface area contributed by atoms with Crippen LogP contribution < -0.4 is 0 Å². The van der Waals surface area contributed by atoms with E-state index in [1.165, 1.54) is 6.42 Å². The third kappa shape index (κ3) is 3.24. The predicted molar refractivity (Wildman–Crippen MR) is 91.9 cm³/mol. The van der Waals surface area contributed by atoms with Gasteiger partial charge in [-0.1, -0.05) is 36.7 Å². The number of hydrogen-bond donors (Lipinski definition) is 0. The minimum Gasteiger partial charge on any atom is -0.342 e. The smallest absolute Gasteiger partial charge is 0.219 e. The molecule has 0 radical (unpaired) electrons. The van der Waals surface area contributed by atoms with E-state index in [2.05, 4.69) is 11.9 Å². The van der Waals surface area contributed by atoms with Crippen molar-refractivity contribution < 1.29 is 4.79 Å². The molecule has 1 aromatic rings. The lowest BCUT2D eigenvalue weighted by Crippen LogP contribution is -2.42. The molecule has 3 rings (SSSR count). The second-order valence-electron chi connectivity index (χ2n) is 5.73. The van der Waals surface area contributed by atoms with Crippen LogP contribution in [0.4, 0.5) is 0 Å². The van der Waals surface area contributed by atoms with Crippen LogP contribution >= 0.6 is 35.1 Å². The van der Waals surface area contributed by atoms with Gasteiger partial charge >= 0.3 is 0 Å². The van der Waals surface area contributed by atoms with Gasteiger partial charge in [-0.3, -0.25) is 4.79 Å². The van der Waals surface area contributed by atoms with Gasteiger partial charge in [-0.05, 0) is 12.8 Å². The number of piperidine rings is 1. The first kappa shape index (κ1) is 16.4. The Bertz CT molecular complexity index is 584. The van der Waals surface area contributed by atoms with Gasteiger partial charge < -0.3 is 4.90 Å². The highest BCUT2D eigenvalue weighted by Gasteiger charge is 2.41. The minimum atomic E-state index is 0.156. The van der Waals surface area contributed by atoms with Gasteiger partial charge in [-0.25, -0.2) is 9.97 Å². The molecule has 0 aromatic carbocycles. The molecule has 4 nitrogen and oxygen atoms in total. The number of hydrogen-bond acceptors (Lipinski definition) is 5. The number of thioether (sulfide) groups is 2. The number of halogens is 1. The average Bonchev–Trinajstić information content (AvgIpc) is 2.85. The van der Waals surface area contributed by atoms with Crippen LogP contribution in [-0.2, 0) is 4.79 Å². The van der Waals surface area contributed by atoms with E-state index in [1.54, 1.807) is 30.4 Å². The fourth-order valence-corrected chi connectivity index (χ4v) is 5.87. The van der Waals surface area contributed by atoms with Gasteiger partial charge in [-0.15, -0.1) is 11.8 Å². The van der Waals surface area contributed by atoms with Gasteiger partial charge in [0.25, 0.3) is 0 Å². The maximum atomic E-state index is 11.6. The fourth-order valence-electron chi connectivity index (χ4n) is 2.97. The Labute approximate surface area is 144 Å². The Hall–Kier alpha value is -0.460. The van der Waals surface area contributed by atoms with E-state index in [9.17, 15) is 4.79 Å². The van der Waals surface area contributed by atoms with E-state index >= 15 is 0 Å². The second-order valence-corrected chi connectivity index (χ2v) is 8.38. The Balaban J connectivity index is 1.78. The van der Waals surface area contributed by atoms with E-state index in [4.69, 9.17) is 16.6 Å². The van der Waals surface area contributed by atoms with Crippen LogP contribution in [0.5, 0.6) is 0 Å². The van der Waals surface area contributed by atoms with Gasteiger partial charge in [0.2, 0.25) is 5.91 Å². The molecule has 2 atom stereocenters. The number of unbranched alkanes of at least 4 members (excludes halogenated alkanes) is 1. The summed E-state index contributed by atoms with van der Waals surface area (Å²) in [5, 5.41) is 2.79. The van der Waals surface area contributed by atoms with E-state index in [0.717, 1.165) is 47.4 Å². The molecule has 1 amide bonds. The Morgan fingerprint density at radius 2 is 2.32 bits per heavy atom. The van der Waals surface area contributed by atoms with Crippen molar-refractivity contribution in [3.8, 4) is 0 Å². The van der Waals surface area contributed by atoms with Crippen LogP contribution in [0.2, 0.25) is 5.15 Å². The minimum absolute atomic E-state index is 0.156. The first-order chi connectivity index (χ1) is 10.6. The van der Waals surface area contributed by atoms with Crippen molar-refractivity contribution in [2.75, 3.05) is 18.8 Å². The summed E-state index contributed by atoms with van der Waals surface area (Å²) < 4.78 is 0. The molecular weight excluding hydrogens is 338 g/mol. The maximum absolute atomic E-state index is 11.6. The molecule has 22 heavy (non-hydrogen) atoms. The van der Waals surface area contributed by atoms with Crippen molar-refractivity contribution in [2.24, 2.45) is 0 Å². The molecule has 0 bridgehead atoms. The van der Waals surface area contributed by atoms with E-state index in [-0.39, 0.29) is 5.91 Å². The van der Waals surface area contributed by atoms with Crippen molar-refractivity contribution in [3.63, 3.8) is 0 Å². The number of likely N-dealkylation sites (tertiary alicyclic amines) is 1. The third-order valence-corrected chi connectivity index (χ3v) is 6.75. The van der Waals surface area contributed by atoms with Crippen molar-refractivity contribution in [3.05, 3.63) is 10.7 Å². The van der Waals surface area contributed by atoms with Crippen molar-refractivity contribution >= 4 is 41.0 Å². The number of nitrogens with zero attached hydrogens (tertiary/aromatic N) is 3. The van der Waals surface area contributed by atoms with E-state index < -0.39 is 0 Å². The van der Waals surface area contributed by atoms with Crippen molar-refractivity contribution in [1.82, 2.24) is 14.9 Å². The zero-order valence-electron chi connectivity index (χ0n) is 12.8. The Morgan fingerprint density at radius 3 is 3.05 bits per heavy atom. The first-order valence-electron chi connectivity index (χ1n) is 7.72. The topological polar surface area (TPSA) is 46.1 Å². The summed E-state index contributed by atoms with van der Waals surface area (Å²) in [6, 6.07) is 0. The molecule has 2 unspecified atom stereocenters. The molecule has 2 aliphatic rings. The normalized spacial score (nSPS) is 23.3. The molecule has 0 N–H and O–H groups in total. The zero-order chi connectivity index (χ0) is 15.7. The molecule has 1 saturated heterocycles. The van der Waals surface area contributed by atoms with Crippen LogP contribution in [-0.4, -0.2) is 44.9 Å². The van der Waals surface area contributed by atoms with Gasteiger partial charge in [-0.2, -0.15) is 0 Å². The molecule has 1 fully saturated rings. The predicted octanol–water partition coefficient (Wildman–Crippen LogP) is 3.83. The monoisotopic (exact) mass is 357 g/mol. The largest absolute Gasteiger partial charge is 0.342 e. The van der Waals surface area contributed by atoms with Crippen LogP contribution in [0.1, 0.15) is 44.6 Å². The van der Waals surface area contributed by atoms with Crippen LogP contribution in [0.3, 0.4) is 0 Å². The Kier molecular flexibility index (Phi) is 5.20. The quantitative estimate of drug-likeness (QED) is 0.354. The standard InChI is InChI=1S/C15H20ClN3OS2/c1-3-4-7-21-15-17-13(16)12-10-5-6-19(9(2)20)8-11(10)22-14(12)18-15/h10-11H,3-8H2,1-2H3. The summed E-state index contributed by atoms with van der Waals surface area (Å²) in [4.78, 5) is 22.7. The lowest BCUT2D eigenvalue weighted by molar-refractivity contribution is -0.129. The van der Waals surface area contributed by atoms with Gasteiger partial charge in [0, 0.05) is 42.5 Å². The first-order valence-corrected chi connectivity index (χ1v) is 9.97.